The third kappa shape index (κ3) is 4.60. The van der Waals surface area contributed by atoms with Gasteiger partial charge in [0.2, 0.25) is 0 Å². The summed E-state index contributed by atoms with van der Waals surface area (Å²) in [4.78, 5) is 21.8. The highest BCUT2D eigenvalue weighted by Gasteiger charge is 2.16. The summed E-state index contributed by atoms with van der Waals surface area (Å²) in [7, 11) is -0.959. The summed E-state index contributed by atoms with van der Waals surface area (Å²) in [6.45, 7) is 2.05. The Kier molecular flexibility index (Phi) is 5.91. The Balaban J connectivity index is 2.70. The monoisotopic (exact) mass is 304 g/mol. The SMILES string of the molecule is CCS(=O)CCNC(=O)c1ccc(Cl)c([N+](=O)[O-])c1. The minimum absolute atomic E-state index is 0.0198. The van der Waals surface area contributed by atoms with Gasteiger partial charge in [-0.25, -0.2) is 0 Å². The fourth-order valence-electron chi connectivity index (χ4n) is 1.32. The number of hydrogen-bond acceptors (Lipinski definition) is 4. The van der Waals surface area contributed by atoms with Crippen LogP contribution in [-0.4, -0.2) is 33.1 Å². The third-order valence-corrected chi connectivity index (χ3v) is 3.97. The third-order valence-electron chi connectivity index (χ3n) is 2.34. The van der Waals surface area contributed by atoms with E-state index in [0.29, 0.717) is 11.5 Å². The number of nitro groups is 1. The van der Waals surface area contributed by atoms with Gasteiger partial charge in [-0.3, -0.25) is 19.1 Å². The summed E-state index contributed by atoms with van der Waals surface area (Å²) in [5.41, 5.74) is -0.162. The van der Waals surface area contributed by atoms with E-state index in [2.05, 4.69) is 5.32 Å². The molecule has 0 spiro atoms. The first kappa shape index (κ1) is 15.6. The topological polar surface area (TPSA) is 89.3 Å². The number of nitrogens with zero attached hydrogens (tertiary/aromatic N) is 1. The Labute approximate surface area is 117 Å². The Morgan fingerprint density at radius 2 is 2.21 bits per heavy atom. The van der Waals surface area contributed by atoms with Gasteiger partial charge in [0.25, 0.3) is 11.6 Å². The van der Waals surface area contributed by atoms with Crippen molar-refractivity contribution in [1.82, 2.24) is 5.32 Å². The first-order chi connectivity index (χ1) is 8.95. The highest BCUT2D eigenvalue weighted by molar-refractivity contribution is 7.84. The van der Waals surface area contributed by atoms with Crippen LogP contribution in [0.15, 0.2) is 18.2 Å². The highest BCUT2D eigenvalue weighted by Crippen LogP contribution is 2.24. The molecule has 1 unspecified atom stereocenters. The van der Waals surface area contributed by atoms with E-state index in [1.807, 2.05) is 0 Å². The number of carbonyl (C=O) groups is 1. The van der Waals surface area contributed by atoms with E-state index in [1.54, 1.807) is 6.92 Å². The zero-order chi connectivity index (χ0) is 14.4. The second kappa shape index (κ2) is 7.20. The summed E-state index contributed by atoms with van der Waals surface area (Å²) in [6, 6.07) is 3.83. The Morgan fingerprint density at radius 1 is 1.53 bits per heavy atom. The zero-order valence-corrected chi connectivity index (χ0v) is 11.8. The highest BCUT2D eigenvalue weighted by atomic mass is 35.5. The molecule has 1 N–H and O–H groups in total. The minimum atomic E-state index is -0.959. The van der Waals surface area contributed by atoms with Crippen LogP contribution < -0.4 is 5.32 Å². The summed E-state index contributed by atoms with van der Waals surface area (Å²) in [5.74, 6) is 0.438. The molecule has 0 aliphatic heterocycles. The predicted octanol–water partition coefficient (Wildman–Crippen LogP) is 1.75. The second-order valence-electron chi connectivity index (χ2n) is 3.61. The lowest BCUT2D eigenvalue weighted by atomic mass is 10.2. The zero-order valence-electron chi connectivity index (χ0n) is 10.2. The molecule has 1 aromatic carbocycles. The maximum atomic E-state index is 11.7. The van der Waals surface area contributed by atoms with Gasteiger partial charge in [0, 0.05) is 40.5 Å². The smallest absolute Gasteiger partial charge is 0.288 e. The molecule has 1 amide bonds. The molecule has 6 nitrogen and oxygen atoms in total. The number of hydrogen-bond donors (Lipinski definition) is 1. The molecule has 19 heavy (non-hydrogen) atoms. The summed E-state index contributed by atoms with van der Waals surface area (Å²) >= 11 is 5.65. The maximum Gasteiger partial charge on any atom is 0.288 e. The van der Waals surface area contributed by atoms with Crippen LogP contribution in [0.2, 0.25) is 5.02 Å². The lowest BCUT2D eigenvalue weighted by molar-refractivity contribution is -0.384. The fraction of sp³-hybridized carbons (Fsp3) is 0.364. The van der Waals surface area contributed by atoms with E-state index in [1.165, 1.54) is 12.1 Å². The molecule has 0 saturated heterocycles. The summed E-state index contributed by atoms with van der Waals surface area (Å²) < 4.78 is 11.2. The molecule has 1 aromatic rings. The molecular formula is C11H13ClN2O4S. The minimum Gasteiger partial charge on any atom is -0.351 e. The van der Waals surface area contributed by atoms with Crippen LogP contribution in [0.25, 0.3) is 0 Å². The van der Waals surface area contributed by atoms with Crippen LogP contribution in [0.4, 0.5) is 5.69 Å². The summed E-state index contributed by atoms with van der Waals surface area (Å²) in [5, 5.41) is 13.2. The standard InChI is InChI=1S/C11H13ClN2O4S/c1-2-19(18)6-5-13-11(15)8-3-4-9(12)10(7-8)14(16)17/h3-4,7H,2,5-6H2,1H3,(H,13,15). The normalized spacial score (nSPS) is 11.9. The van der Waals surface area contributed by atoms with Crippen LogP contribution in [0.5, 0.6) is 0 Å². The fourth-order valence-corrected chi connectivity index (χ4v) is 2.12. The molecular weight excluding hydrogens is 292 g/mol. The molecule has 0 aliphatic carbocycles. The molecule has 1 rings (SSSR count). The van der Waals surface area contributed by atoms with Gasteiger partial charge in [0.1, 0.15) is 5.02 Å². The first-order valence-corrected chi connectivity index (χ1v) is 7.39. The van der Waals surface area contributed by atoms with Crippen LogP contribution in [0.3, 0.4) is 0 Å². The van der Waals surface area contributed by atoms with Gasteiger partial charge < -0.3 is 5.32 Å². The molecule has 0 heterocycles. The number of nitro benzene ring substituents is 1. The molecule has 0 saturated carbocycles. The molecule has 0 radical (unpaired) electrons. The Bertz CT molecular complexity index is 521. The van der Waals surface area contributed by atoms with Crippen molar-refractivity contribution >= 4 is 34.0 Å². The van der Waals surface area contributed by atoms with Crippen molar-refractivity contribution < 1.29 is 13.9 Å². The van der Waals surface area contributed by atoms with Gasteiger partial charge in [-0.05, 0) is 12.1 Å². The van der Waals surface area contributed by atoms with Crippen molar-refractivity contribution in [2.75, 3.05) is 18.1 Å². The largest absolute Gasteiger partial charge is 0.351 e. The lowest BCUT2D eigenvalue weighted by Gasteiger charge is -2.05. The first-order valence-electron chi connectivity index (χ1n) is 5.52. The van der Waals surface area contributed by atoms with E-state index >= 15 is 0 Å². The molecule has 0 aromatic heterocycles. The van der Waals surface area contributed by atoms with Crippen LogP contribution in [0, 0.1) is 10.1 Å². The lowest BCUT2D eigenvalue weighted by Crippen LogP contribution is -2.28. The average Bonchev–Trinajstić information content (AvgIpc) is 2.38. The van der Waals surface area contributed by atoms with Gasteiger partial charge in [0.05, 0.1) is 4.92 Å². The van der Waals surface area contributed by atoms with E-state index in [0.717, 1.165) is 6.07 Å². The number of nitrogens with one attached hydrogen (secondary N) is 1. The van der Waals surface area contributed by atoms with Crippen molar-refractivity contribution in [3.8, 4) is 0 Å². The Morgan fingerprint density at radius 3 is 2.79 bits per heavy atom. The molecule has 0 fully saturated rings. The van der Waals surface area contributed by atoms with Crippen LogP contribution >= 0.6 is 11.6 Å². The number of rotatable bonds is 6. The van der Waals surface area contributed by atoms with Crippen molar-refractivity contribution in [1.29, 1.82) is 0 Å². The van der Waals surface area contributed by atoms with Crippen molar-refractivity contribution in [3.05, 3.63) is 38.9 Å². The summed E-state index contributed by atoms with van der Waals surface area (Å²) in [6.07, 6.45) is 0. The number of halogens is 1. The van der Waals surface area contributed by atoms with Gasteiger partial charge >= 0.3 is 0 Å². The van der Waals surface area contributed by atoms with Gasteiger partial charge in [-0.1, -0.05) is 18.5 Å². The molecule has 1 atom stereocenters. The van der Waals surface area contributed by atoms with Crippen LogP contribution in [-0.2, 0) is 10.8 Å². The molecule has 0 aliphatic rings. The van der Waals surface area contributed by atoms with Gasteiger partial charge in [0.15, 0.2) is 0 Å². The predicted molar refractivity (Wildman–Crippen MR) is 74.0 cm³/mol. The molecule has 8 heteroatoms. The molecule has 0 bridgehead atoms. The van der Waals surface area contributed by atoms with E-state index in [4.69, 9.17) is 11.6 Å². The van der Waals surface area contributed by atoms with Crippen molar-refractivity contribution in [2.24, 2.45) is 0 Å². The van der Waals surface area contributed by atoms with Crippen molar-refractivity contribution in [3.63, 3.8) is 0 Å². The average molecular weight is 305 g/mol. The number of amides is 1. The number of benzene rings is 1. The molecule has 104 valence electrons. The van der Waals surface area contributed by atoms with E-state index < -0.39 is 21.6 Å². The van der Waals surface area contributed by atoms with Crippen molar-refractivity contribution in [2.45, 2.75) is 6.92 Å². The number of carbonyl (C=O) groups excluding carboxylic acids is 1. The van der Waals surface area contributed by atoms with Gasteiger partial charge in [-0.15, -0.1) is 0 Å². The second-order valence-corrected chi connectivity index (χ2v) is 5.88. The maximum absolute atomic E-state index is 11.7. The quantitative estimate of drug-likeness (QED) is 0.640. The van der Waals surface area contributed by atoms with Gasteiger partial charge in [-0.2, -0.15) is 0 Å². The van der Waals surface area contributed by atoms with Crippen LogP contribution in [0.1, 0.15) is 17.3 Å². The Hall–Kier alpha value is -1.47. The van der Waals surface area contributed by atoms with E-state index in [9.17, 15) is 19.1 Å². The van der Waals surface area contributed by atoms with E-state index in [-0.39, 0.29) is 22.8 Å².